The molecule has 0 bridgehead atoms. The lowest BCUT2D eigenvalue weighted by Crippen LogP contribution is -2.39. The molecule has 1 aromatic carbocycles. The summed E-state index contributed by atoms with van der Waals surface area (Å²) >= 11 is 3.27. The van der Waals surface area contributed by atoms with Gasteiger partial charge in [-0.3, -0.25) is 4.79 Å². The summed E-state index contributed by atoms with van der Waals surface area (Å²) in [7, 11) is 0. The van der Waals surface area contributed by atoms with Gasteiger partial charge in [0.1, 0.15) is 5.82 Å². The Morgan fingerprint density at radius 2 is 2.11 bits per heavy atom. The van der Waals surface area contributed by atoms with Gasteiger partial charge in [0.2, 0.25) is 5.91 Å². The van der Waals surface area contributed by atoms with Crippen molar-refractivity contribution in [3.8, 4) is 0 Å². The van der Waals surface area contributed by atoms with Crippen LogP contribution in [0.3, 0.4) is 0 Å². The summed E-state index contributed by atoms with van der Waals surface area (Å²) in [6.07, 6.45) is 2.90. The second-order valence-corrected chi connectivity index (χ2v) is 4.85. The molecule has 0 atom stereocenters. The van der Waals surface area contributed by atoms with Crippen LogP contribution in [-0.2, 0) is 9.53 Å². The Bertz CT molecular complexity index is 470. The molecule has 1 saturated heterocycles. The van der Waals surface area contributed by atoms with E-state index in [1.54, 1.807) is 17.0 Å². The average molecular weight is 314 g/mol. The molecule has 0 N–H and O–H groups in total. The topological polar surface area (TPSA) is 29.5 Å². The maximum Gasteiger partial charge on any atom is 0.246 e. The fourth-order valence-corrected chi connectivity index (χ4v) is 2.07. The highest BCUT2D eigenvalue weighted by atomic mass is 79.9. The largest absolute Gasteiger partial charge is 0.378 e. The monoisotopic (exact) mass is 313 g/mol. The molecule has 3 nitrogen and oxygen atoms in total. The average Bonchev–Trinajstić information content (AvgIpc) is 2.40. The van der Waals surface area contributed by atoms with Crippen molar-refractivity contribution in [1.82, 2.24) is 4.90 Å². The molecule has 5 heteroatoms. The SMILES string of the molecule is O=C(/C=C/c1cc(Br)ccc1F)N1CCOCC1. The van der Waals surface area contributed by atoms with Crippen molar-refractivity contribution in [2.75, 3.05) is 26.3 Å². The number of hydrogen-bond acceptors (Lipinski definition) is 2. The second-order valence-electron chi connectivity index (χ2n) is 3.94. The fraction of sp³-hybridized carbons (Fsp3) is 0.308. The molecule has 1 aliphatic heterocycles. The van der Waals surface area contributed by atoms with E-state index in [1.165, 1.54) is 18.2 Å². The Balaban J connectivity index is 2.05. The predicted octanol–water partition coefficient (Wildman–Crippen LogP) is 2.46. The summed E-state index contributed by atoms with van der Waals surface area (Å²) in [5, 5.41) is 0. The van der Waals surface area contributed by atoms with Crippen LogP contribution in [0.15, 0.2) is 28.7 Å². The first-order valence-electron chi connectivity index (χ1n) is 5.66. The van der Waals surface area contributed by atoms with Gasteiger partial charge >= 0.3 is 0 Å². The first-order chi connectivity index (χ1) is 8.66. The van der Waals surface area contributed by atoms with Gasteiger partial charge in [0.25, 0.3) is 0 Å². The van der Waals surface area contributed by atoms with Crippen molar-refractivity contribution < 1.29 is 13.9 Å². The van der Waals surface area contributed by atoms with Crippen LogP contribution < -0.4 is 0 Å². The maximum atomic E-state index is 13.4. The van der Waals surface area contributed by atoms with Gasteiger partial charge in [-0.2, -0.15) is 0 Å². The standard InChI is InChI=1S/C13H13BrFNO2/c14-11-2-3-12(15)10(9-11)1-4-13(17)16-5-7-18-8-6-16/h1-4,9H,5-8H2/b4-1+. The summed E-state index contributed by atoms with van der Waals surface area (Å²) in [5.41, 5.74) is 0.394. The van der Waals surface area contributed by atoms with Crippen LogP contribution in [0.2, 0.25) is 0 Å². The number of hydrogen-bond donors (Lipinski definition) is 0. The van der Waals surface area contributed by atoms with Gasteiger partial charge < -0.3 is 9.64 Å². The molecule has 18 heavy (non-hydrogen) atoms. The third-order valence-corrected chi connectivity index (χ3v) is 3.18. The van der Waals surface area contributed by atoms with Gasteiger partial charge in [-0.15, -0.1) is 0 Å². The molecule has 96 valence electrons. The molecule has 1 aliphatic rings. The summed E-state index contributed by atoms with van der Waals surface area (Å²) in [5.74, 6) is -0.457. The predicted molar refractivity (Wildman–Crippen MR) is 70.5 cm³/mol. The Kier molecular flexibility index (Phi) is 4.49. The van der Waals surface area contributed by atoms with E-state index in [1.807, 2.05) is 0 Å². The summed E-state index contributed by atoms with van der Waals surface area (Å²) < 4.78 is 19.4. The van der Waals surface area contributed by atoms with Gasteiger partial charge in [0.15, 0.2) is 0 Å². The van der Waals surface area contributed by atoms with Crippen LogP contribution in [0.1, 0.15) is 5.56 Å². The molecule has 0 aliphatic carbocycles. The minimum atomic E-state index is -0.343. The number of halogens is 2. The molecule has 1 aromatic rings. The smallest absolute Gasteiger partial charge is 0.246 e. The van der Waals surface area contributed by atoms with Crippen LogP contribution in [0.5, 0.6) is 0 Å². The zero-order valence-corrected chi connectivity index (χ0v) is 11.3. The quantitative estimate of drug-likeness (QED) is 0.785. The van der Waals surface area contributed by atoms with Crippen molar-refractivity contribution in [3.63, 3.8) is 0 Å². The molecule has 0 saturated carbocycles. The number of benzene rings is 1. The Morgan fingerprint density at radius 3 is 2.83 bits per heavy atom. The summed E-state index contributed by atoms with van der Waals surface area (Å²) in [4.78, 5) is 13.5. The van der Waals surface area contributed by atoms with Crippen molar-refractivity contribution >= 4 is 27.9 Å². The zero-order valence-electron chi connectivity index (χ0n) is 9.73. The third-order valence-electron chi connectivity index (χ3n) is 2.69. The molecule has 0 aromatic heterocycles. The summed E-state index contributed by atoms with van der Waals surface area (Å²) in [6.45, 7) is 2.30. The van der Waals surface area contributed by atoms with Crippen molar-refractivity contribution in [2.24, 2.45) is 0 Å². The number of amides is 1. The zero-order chi connectivity index (χ0) is 13.0. The number of rotatable bonds is 2. The molecular formula is C13H13BrFNO2. The van der Waals surface area contributed by atoms with Gasteiger partial charge in [-0.1, -0.05) is 15.9 Å². The van der Waals surface area contributed by atoms with Crippen LogP contribution in [0.25, 0.3) is 6.08 Å². The Hall–Kier alpha value is -1.20. The highest BCUT2D eigenvalue weighted by Gasteiger charge is 2.14. The third kappa shape index (κ3) is 3.40. The lowest BCUT2D eigenvalue weighted by atomic mass is 10.2. The maximum absolute atomic E-state index is 13.4. The molecule has 0 radical (unpaired) electrons. The van der Waals surface area contributed by atoms with Crippen LogP contribution in [0.4, 0.5) is 4.39 Å². The number of ether oxygens (including phenoxy) is 1. The molecule has 1 fully saturated rings. The first-order valence-corrected chi connectivity index (χ1v) is 6.46. The van der Waals surface area contributed by atoms with E-state index in [-0.39, 0.29) is 11.7 Å². The molecule has 2 rings (SSSR count). The van der Waals surface area contributed by atoms with Crippen LogP contribution >= 0.6 is 15.9 Å². The van der Waals surface area contributed by atoms with Gasteiger partial charge in [-0.25, -0.2) is 4.39 Å². The molecular weight excluding hydrogens is 301 g/mol. The van der Waals surface area contributed by atoms with E-state index in [4.69, 9.17) is 4.74 Å². The highest BCUT2D eigenvalue weighted by molar-refractivity contribution is 9.10. The minimum Gasteiger partial charge on any atom is -0.378 e. The summed E-state index contributed by atoms with van der Waals surface area (Å²) in [6, 6.07) is 4.62. The number of morpholine rings is 1. The van der Waals surface area contributed by atoms with E-state index < -0.39 is 0 Å². The van der Waals surface area contributed by atoms with E-state index in [0.29, 0.717) is 31.9 Å². The van der Waals surface area contributed by atoms with E-state index in [0.717, 1.165) is 4.47 Å². The Morgan fingerprint density at radius 1 is 1.39 bits per heavy atom. The minimum absolute atomic E-state index is 0.113. The first kappa shape index (κ1) is 13.2. The molecule has 0 spiro atoms. The van der Waals surface area contributed by atoms with E-state index in [9.17, 15) is 9.18 Å². The lowest BCUT2D eigenvalue weighted by molar-refractivity contribution is -0.129. The van der Waals surface area contributed by atoms with Crippen molar-refractivity contribution in [3.05, 3.63) is 40.1 Å². The van der Waals surface area contributed by atoms with Gasteiger partial charge in [-0.05, 0) is 24.3 Å². The van der Waals surface area contributed by atoms with E-state index >= 15 is 0 Å². The van der Waals surface area contributed by atoms with Crippen LogP contribution in [0, 0.1) is 5.82 Å². The molecule has 1 amide bonds. The normalized spacial score (nSPS) is 16.2. The number of nitrogens with zero attached hydrogens (tertiary/aromatic N) is 1. The van der Waals surface area contributed by atoms with Crippen molar-refractivity contribution in [2.45, 2.75) is 0 Å². The van der Waals surface area contributed by atoms with E-state index in [2.05, 4.69) is 15.9 Å². The number of carbonyl (C=O) groups is 1. The molecule has 0 unspecified atom stereocenters. The number of carbonyl (C=O) groups excluding carboxylic acids is 1. The van der Waals surface area contributed by atoms with Crippen molar-refractivity contribution in [1.29, 1.82) is 0 Å². The van der Waals surface area contributed by atoms with Crippen LogP contribution in [-0.4, -0.2) is 37.1 Å². The fourth-order valence-electron chi connectivity index (χ4n) is 1.69. The lowest BCUT2D eigenvalue weighted by Gasteiger charge is -2.25. The highest BCUT2D eigenvalue weighted by Crippen LogP contribution is 2.16. The second kappa shape index (κ2) is 6.11. The van der Waals surface area contributed by atoms with Gasteiger partial charge in [0.05, 0.1) is 13.2 Å². The van der Waals surface area contributed by atoms with Gasteiger partial charge in [0, 0.05) is 29.2 Å². The Labute approximate surface area is 113 Å². The molecule has 1 heterocycles.